The van der Waals surface area contributed by atoms with Crippen molar-refractivity contribution in [3.8, 4) is 0 Å². The van der Waals surface area contributed by atoms with Gasteiger partial charge in [0.15, 0.2) is 0 Å². The fourth-order valence-electron chi connectivity index (χ4n) is 3.28. The lowest BCUT2D eigenvalue weighted by Crippen LogP contribution is -2.28. The Hall–Kier alpha value is -0.790. The van der Waals surface area contributed by atoms with Crippen molar-refractivity contribution in [1.29, 1.82) is 0 Å². The molecule has 0 spiro atoms. The highest BCUT2D eigenvalue weighted by molar-refractivity contribution is 5.72. The second-order valence-corrected chi connectivity index (χ2v) is 6.67. The van der Waals surface area contributed by atoms with Gasteiger partial charge in [0, 0.05) is 0 Å². The van der Waals surface area contributed by atoms with Crippen LogP contribution in [0, 0.1) is 16.7 Å². The van der Waals surface area contributed by atoms with E-state index < -0.39 is 5.97 Å². The van der Waals surface area contributed by atoms with Crippen LogP contribution in [0.3, 0.4) is 0 Å². The zero-order valence-electron chi connectivity index (χ0n) is 10.8. The molecule has 0 amide bonds. The number of hydrogen-bond acceptors (Lipinski definition) is 1. The van der Waals surface area contributed by atoms with E-state index in [2.05, 4.69) is 27.7 Å². The minimum atomic E-state index is -0.624. The molecule has 0 bridgehead atoms. The van der Waals surface area contributed by atoms with E-state index in [1.54, 1.807) is 0 Å². The summed E-state index contributed by atoms with van der Waals surface area (Å²) in [5.74, 6) is -0.789. The Morgan fingerprint density at radius 1 is 1.06 bits per heavy atom. The van der Waals surface area contributed by atoms with Gasteiger partial charge in [-0.15, -0.1) is 0 Å². The molecule has 2 aliphatic rings. The van der Waals surface area contributed by atoms with Crippen LogP contribution in [-0.4, -0.2) is 11.1 Å². The SMILES string of the molecule is CC1(C)CCC(C)(C)C2=C1CC(C(=O)O)C2. The zero-order valence-corrected chi connectivity index (χ0v) is 10.8. The Morgan fingerprint density at radius 3 is 1.75 bits per heavy atom. The summed E-state index contributed by atoms with van der Waals surface area (Å²) in [5.41, 5.74) is 3.32. The first-order valence-electron chi connectivity index (χ1n) is 6.20. The summed E-state index contributed by atoms with van der Waals surface area (Å²) in [5, 5.41) is 9.17. The summed E-state index contributed by atoms with van der Waals surface area (Å²) in [6, 6.07) is 0. The summed E-state index contributed by atoms with van der Waals surface area (Å²) in [6.07, 6.45) is 3.93. The molecule has 2 heteroatoms. The van der Waals surface area contributed by atoms with Gasteiger partial charge in [-0.1, -0.05) is 38.8 Å². The summed E-state index contributed by atoms with van der Waals surface area (Å²) in [6.45, 7) is 9.06. The first kappa shape index (κ1) is 11.7. The Labute approximate surface area is 97.7 Å². The van der Waals surface area contributed by atoms with Gasteiger partial charge in [0.05, 0.1) is 5.92 Å². The highest BCUT2D eigenvalue weighted by Crippen LogP contribution is 2.56. The Kier molecular flexibility index (Phi) is 2.45. The van der Waals surface area contributed by atoms with Crippen molar-refractivity contribution in [2.45, 2.75) is 53.4 Å². The van der Waals surface area contributed by atoms with Crippen LogP contribution in [0.2, 0.25) is 0 Å². The van der Waals surface area contributed by atoms with E-state index in [0.717, 1.165) is 12.8 Å². The van der Waals surface area contributed by atoms with Crippen LogP contribution in [0.15, 0.2) is 11.1 Å². The van der Waals surface area contributed by atoms with Gasteiger partial charge in [-0.05, 0) is 36.5 Å². The second-order valence-electron chi connectivity index (χ2n) is 6.67. The first-order valence-corrected chi connectivity index (χ1v) is 6.20. The quantitative estimate of drug-likeness (QED) is 0.688. The van der Waals surface area contributed by atoms with Crippen molar-refractivity contribution < 1.29 is 9.90 Å². The number of aliphatic carboxylic acids is 1. The van der Waals surface area contributed by atoms with Crippen molar-refractivity contribution in [3.63, 3.8) is 0 Å². The number of hydrogen-bond donors (Lipinski definition) is 1. The lowest BCUT2D eigenvalue weighted by atomic mass is 9.64. The molecule has 0 heterocycles. The normalized spacial score (nSPS) is 28.0. The molecule has 0 radical (unpaired) electrons. The summed E-state index contributed by atoms with van der Waals surface area (Å²) in [7, 11) is 0. The molecule has 90 valence electrons. The van der Waals surface area contributed by atoms with E-state index in [1.165, 1.54) is 24.0 Å². The Morgan fingerprint density at radius 2 is 1.44 bits per heavy atom. The van der Waals surface area contributed by atoms with Gasteiger partial charge in [0.1, 0.15) is 0 Å². The topological polar surface area (TPSA) is 37.3 Å². The molecule has 0 aromatic rings. The molecule has 0 unspecified atom stereocenters. The second kappa shape index (κ2) is 3.35. The highest BCUT2D eigenvalue weighted by atomic mass is 16.4. The fourth-order valence-corrected chi connectivity index (χ4v) is 3.28. The lowest BCUT2D eigenvalue weighted by molar-refractivity contribution is -0.141. The van der Waals surface area contributed by atoms with E-state index in [4.69, 9.17) is 0 Å². The van der Waals surface area contributed by atoms with Crippen molar-refractivity contribution in [2.24, 2.45) is 16.7 Å². The van der Waals surface area contributed by atoms with E-state index in [0.29, 0.717) is 0 Å². The average Bonchev–Trinajstić information content (AvgIpc) is 2.59. The van der Waals surface area contributed by atoms with Crippen LogP contribution in [0.1, 0.15) is 53.4 Å². The van der Waals surface area contributed by atoms with E-state index in [-0.39, 0.29) is 16.7 Å². The predicted octanol–water partition coefficient (Wildman–Crippen LogP) is 3.62. The number of allylic oxidation sites excluding steroid dienone is 2. The number of rotatable bonds is 1. The molecular formula is C14H22O2. The molecule has 0 fully saturated rings. The van der Waals surface area contributed by atoms with Crippen LogP contribution in [0.5, 0.6) is 0 Å². The monoisotopic (exact) mass is 222 g/mol. The summed E-state index contributed by atoms with van der Waals surface area (Å²) < 4.78 is 0. The first-order chi connectivity index (χ1) is 7.24. The standard InChI is InChI=1S/C14H22O2/c1-13(2)5-6-14(3,4)11-8-9(12(15)16)7-10(11)13/h9H,5-8H2,1-4H3,(H,15,16). The van der Waals surface area contributed by atoms with E-state index >= 15 is 0 Å². The Balaban J connectivity index is 2.37. The van der Waals surface area contributed by atoms with Crippen molar-refractivity contribution in [2.75, 3.05) is 0 Å². The molecule has 0 aromatic heterocycles. The molecule has 2 aliphatic carbocycles. The smallest absolute Gasteiger partial charge is 0.307 e. The Bertz CT molecular complexity index is 333. The molecule has 0 aliphatic heterocycles. The van der Waals surface area contributed by atoms with Crippen LogP contribution in [0.4, 0.5) is 0 Å². The highest BCUT2D eigenvalue weighted by Gasteiger charge is 2.45. The number of carboxylic acid groups (broad SMARTS) is 1. The third-order valence-corrected chi connectivity index (χ3v) is 4.62. The summed E-state index contributed by atoms with van der Waals surface area (Å²) in [4.78, 5) is 11.1. The fraction of sp³-hybridized carbons (Fsp3) is 0.786. The molecule has 0 atom stereocenters. The van der Waals surface area contributed by atoms with Crippen LogP contribution in [-0.2, 0) is 4.79 Å². The number of carbonyl (C=O) groups is 1. The third kappa shape index (κ3) is 1.68. The average molecular weight is 222 g/mol. The molecule has 2 nitrogen and oxygen atoms in total. The van der Waals surface area contributed by atoms with Gasteiger partial charge in [-0.2, -0.15) is 0 Å². The van der Waals surface area contributed by atoms with Gasteiger partial charge in [-0.25, -0.2) is 0 Å². The van der Waals surface area contributed by atoms with Crippen LogP contribution >= 0.6 is 0 Å². The van der Waals surface area contributed by atoms with Crippen molar-refractivity contribution in [1.82, 2.24) is 0 Å². The van der Waals surface area contributed by atoms with Crippen molar-refractivity contribution >= 4 is 5.97 Å². The van der Waals surface area contributed by atoms with E-state index in [1.807, 2.05) is 0 Å². The van der Waals surface area contributed by atoms with Crippen molar-refractivity contribution in [3.05, 3.63) is 11.1 Å². The van der Waals surface area contributed by atoms with Crippen LogP contribution < -0.4 is 0 Å². The molecule has 2 rings (SSSR count). The molecule has 0 aromatic carbocycles. The molecule has 0 saturated carbocycles. The van der Waals surface area contributed by atoms with Gasteiger partial charge < -0.3 is 5.11 Å². The molecule has 16 heavy (non-hydrogen) atoms. The van der Waals surface area contributed by atoms with Gasteiger partial charge in [0.25, 0.3) is 0 Å². The maximum Gasteiger partial charge on any atom is 0.307 e. The minimum absolute atomic E-state index is 0.165. The largest absolute Gasteiger partial charge is 0.481 e. The van der Waals surface area contributed by atoms with Gasteiger partial charge >= 0.3 is 5.97 Å². The van der Waals surface area contributed by atoms with Gasteiger partial charge in [-0.3, -0.25) is 4.79 Å². The van der Waals surface area contributed by atoms with Gasteiger partial charge in [0.2, 0.25) is 0 Å². The van der Waals surface area contributed by atoms with Crippen LogP contribution in [0.25, 0.3) is 0 Å². The third-order valence-electron chi connectivity index (χ3n) is 4.62. The zero-order chi connectivity index (χ0) is 12.1. The molecule has 1 N–H and O–H groups in total. The maximum absolute atomic E-state index is 11.1. The predicted molar refractivity (Wildman–Crippen MR) is 64.2 cm³/mol. The summed E-state index contributed by atoms with van der Waals surface area (Å²) >= 11 is 0. The minimum Gasteiger partial charge on any atom is -0.481 e. The molecular weight excluding hydrogens is 200 g/mol. The maximum atomic E-state index is 11.1. The number of carboxylic acids is 1. The lowest BCUT2D eigenvalue weighted by Gasteiger charge is -2.41. The molecule has 0 saturated heterocycles. The van der Waals surface area contributed by atoms with E-state index in [9.17, 15) is 9.90 Å².